The molecule has 3 nitrogen and oxygen atoms in total. The zero-order chi connectivity index (χ0) is 11.3. The molecule has 0 amide bonds. The molecule has 1 heterocycles. The fraction of sp³-hybridized carbons (Fsp3) is 1.00. The maximum Gasteiger partial charge on any atom is 0.162 e. The third kappa shape index (κ3) is 4.49. The van der Waals surface area contributed by atoms with Crippen molar-refractivity contribution in [3.8, 4) is 0 Å². The second-order valence-electron chi connectivity index (χ2n) is 4.78. The predicted molar refractivity (Wildman–Crippen MR) is 61.9 cm³/mol. The van der Waals surface area contributed by atoms with Crippen LogP contribution in [0.2, 0.25) is 0 Å². The molecule has 90 valence electrons. The zero-order valence-corrected chi connectivity index (χ0v) is 10.5. The second-order valence-corrected chi connectivity index (χ2v) is 4.78. The molecule has 3 heteroatoms. The van der Waals surface area contributed by atoms with Crippen LogP contribution in [-0.4, -0.2) is 31.1 Å². The van der Waals surface area contributed by atoms with Crippen molar-refractivity contribution in [2.75, 3.05) is 13.2 Å². The molecule has 0 aromatic rings. The van der Waals surface area contributed by atoms with Gasteiger partial charge in [0.1, 0.15) is 0 Å². The van der Waals surface area contributed by atoms with Gasteiger partial charge in [0.25, 0.3) is 0 Å². The molecule has 0 aliphatic carbocycles. The Balaban J connectivity index is 2.28. The monoisotopic (exact) mass is 215 g/mol. The third-order valence-electron chi connectivity index (χ3n) is 2.87. The minimum absolute atomic E-state index is 0.356. The highest BCUT2D eigenvalue weighted by Gasteiger charge is 2.28. The Bertz CT molecular complexity index is 172. The summed E-state index contributed by atoms with van der Waals surface area (Å²) in [4.78, 5) is 0. The molecule has 1 fully saturated rings. The van der Waals surface area contributed by atoms with E-state index >= 15 is 0 Å². The van der Waals surface area contributed by atoms with Crippen molar-refractivity contribution < 1.29 is 9.47 Å². The molecule has 0 bridgehead atoms. The van der Waals surface area contributed by atoms with Crippen LogP contribution in [0.1, 0.15) is 47.0 Å². The van der Waals surface area contributed by atoms with E-state index < -0.39 is 5.79 Å². The van der Waals surface area contributed by atoms with Crippen molar-refractivity contribution in [2.45, 2.75) is 64.8 Å². The normalized spacial score (nSPS) is 24.0. The molecule has 1 unspecified atom stereocenters. The van der Waals surface area contributed by atoms with E-state index in [2.05, 4.69) is 19.2 Å². The maximum atomic E-state index is 5.62. The molecule has 1 N–H and O–H groups in total. The molecule has 0 spiro atoms. The Morgan fingerprint density at radius 2 is 1.87 bits per heavy atom. The number of rotatable bonds is 5. The highest BCUT2D eigenvalue weighted by atomic mass is 16.7. The van der Waals surface area contributed by atoms with Crippen LogP contribution in [0.3, 0.4) is 0 Å². The molecule has 1 aliphatic rings. The Labute approximate surface area is 93.5 Å². The minimum Gasteiger partial charge on any atom is -0.349 e. The van der Waals surface area contributed by atoms with Crippen molar-refractivity contribution in [1.29, 1.82) is 0 Å². The Morgan fingerprint density at radius 3 is 2.33 bits per heavy atom. The van der Waals surface area contributed by atoms with Crippen molar-refractivity contribution >= 4 is 0 Å². The molecule has 0 aromatic carbocycles. The lowest BCUT2D eigenvalue weighted by Gasteiger charge is -2.36. The van der Waals surface area contributed by atoms with Crippen molar-refractivity contribution in [2.24, 2.45) is 0 Å². The average Bonchev–Trinajstić information content (AvgIpc) is 2.20. The second kappa shape index (κ2) is 5.83. The van der Waals surface area contributed by atoms with Gasteiger partial charge in [-0.3, -0.25) is 0 Å². The van der Waals surface area contributed by atoms with E-state index in [0.717, 1.165) is 13.2 Å². The van der Waals surface area contributed by atoms with Gasteiger partial charge in [0.15, 0.2) is 5.79 Å². The van der Waals surface area contributed by atoms with Gasteiger partial charge in [-0.2, -0.15) is 0 Å². The van der Waals surface area contributed by atoms with E-state index in [1.54, 1.807) is 0 Å². The van der Waals surface area contributed by atoms with E-state index in [9.17, 15) is 0 Å². The highest BCUT2D eigenvalue weighted by Crippen LogP contribution is 2.17. The third-order valence-corrected chi connectivity index (χ3v) is 2.87. The van der Waals surface area contributed by atoms with E-state index in [1.807, 2.05) is 13.8 Å². The standard InChI is InChI=1S/C12H25NO2/c1-5-7-10(6-2)13-11-8-14-12(3,4)15-9-11/h10-11,13H,5-9H2,1-4H3. The van der Waals surface area contributed by atoms with Crippen LogP contribution in [0, 0.1) is 0 Å². The van der Waals surface area contributed by atoms with E-state index in [0.29, 0.717) is 12.1 Å². The Kier molecular flexibility index (Phi) is 5.03. The van der Waals surface area contributed by atoms with Crippen LogP contribution in [-0.2, 0) is 9.47 Å². The van der Waals surface area contributed by atoms with Crippen LogP contribution < -0.4 is 5.32 Å². The van der Waals surface area contributed by atoms with Crippen LogP contribution in [0.25, 0.3) is 0 Å². The quantitative estimate of drug-likeness (QED) is 0.763. The van der Waals surface area contributed by atoms with Crippen molar-refractivity contribution in [3.05, 3.63) is 0 Å². The van der Waals surface area contributed by atoms with Crippen molar-refractivity contribution in [3.63, 3.8) is 0 Å². The molecule has 0 saturated carbocycles. The lowest BCUT2D eigenvalue weighted by Crippen LogP contribution is -2.51. The number of ether oxygens (including phenoxy) is 2. The summed E-state index contributed by atoms with van der Waals surface area (Å²) in [5.41, 5.74) is 0. The lowest BCUT2D eigenvalue weighted by molar-refractivity contribution is -0.253. The fourth-order valence-corrected chi connectivity index (χ4v) is 1.88. The summed E-state index contributed by atoms with van der Waals surface area (Å²) in [5, 5.41) is 3.59. The van der Waals surface area contributed by atoms with E-state index in [1.165, 1.54) is 19.3 Å². The van der Waals surface area contributed by atoms with Crippen molar-refractivity contribution in [1.82, 2.24) is 5.32 Å². The van der Waals surface area contributed by atoms with Crippen LogP contribution in [0.5, 0.6) is 0 Å². The number of hydrogen-bond acceptors (Lipinski definition) is 3. The summed E-state index contributed by atoms with van der Waals surface area (Å²) in [6.45, 7) is 9.89. The van der Waals surface area contributed by atoms with Gasteiger partial charge in [0.2, 0.25) is 0 Å². The first kappa shape index (κ1) is 12.9. The van der Waals surface area contributed by atoms with Crippen LogP contribution in [0.4, 0.5) is 0 Å². The molecule has 1 rings (SSSR count). The summed E-state index contributed by atoms with van der Waals surface area (Å²) < 4.78 is 11.2. The first-order valence-electron chi connectivity index (χ1n) is 6.11. The molecule has 1 saturated heterocycles. The fourth-order valence-electron chi connectivity index (χ4n) is 1.88. The van der Waals surface area contributed by atoms with Gasteiger partial charge in [-0.05, 0) is 26.7 Å². The van der Waals surface area contributed by atoms with Gasteiger partial charge in [-0.1, -0.05) is 20.3 Å². The highest BCUT2D eigenvalue weighted by molar-refractivity contribution is 4.77. The van der Waals surface area contributed by atoms with Crippen LogP contribution >= 0.6 is 0 Å². The first-order valence-corrected chi connectivity index (χ1v) is 6.11. The Hall–Kier alpha value is -0.120. The molecular formula is C12H25NO2. The van der Waals surface area contributed by atoms with Gasteiger partial charge in [-0.25, -0.2) is 0 Å². The number of hydrogen-bond donors (Lipinski definition) is 1. The number of nitrogens with one attached hydrogen (secondary N) is 1. The molecule has 0 radical (unpaired) electrons. The first-order chi connectivity index (χ1) is 7.07. The topological polar surface area (TPSA) is 30.5 Å². The largest absolute Gasteiger partial charge is 0.349 e. The molecule has 15 heavy (non-hydrogen) atoms. The van der Waals surface area contributed by atoms with Gasteiger partial charge >= 0.3 is 0 Å². The molecule has 0 aromatic heterocycles. The molecule has 1 atom stereocenters. The summed E-state index contributed by atoms with van der Waals surface area (Å²) in [7, 11) is 0. The molecule has 1 aliphatic heterocycles. The predicted octanol–water partition coefficient (Wildman–Crippen LogP) is 2.31. The van der Waals surface area contributed by atoms with Crippen LogP contribution in [0.15, 0.2) is 0 Å². The maximum absolute atomic E-state index is 5.62. The minimum atomic E-state index is -0.398. The van der Waals surface area contributed by atoms with Gasteiger partial charge < -0.3 is 14.8 Å². The summed E-state index contributed by atoms with van der Waals surface area (Å²) in [6, 6.07) is 0.961. The summed E-state index contributed by atoms with van der Waals surface area (Å²) in [6.07, 6.45) is 3.63. The van der Waals surface area contributed by atoms with Gasteiger partial charge in [0.05, 0.1) is 19.3 Å². The van der Waals surface area contributed by atoms with Gasteiger partial charge in [0, 0.05) is 6.04 Å². The zero-order valence-electron chi connectivity index (χ0n) is 10.5. The summed E-state index contributed by atoms with van der Waals surface area (Å²) in [5.74, 6) is -0.398. The average molecular weight is 215 g/mol. The van der Waals surface area contributed by atoms with Gasteiger partial charge in [-0.15, -0.1) is 0 Å². The van der Waals surface area contributed by atoms with E-state index in [4.69, 9.17) is 9.47 Å². The summed E-state index contributed by atoms with van der Waals surface area (Å²) >= 11 is 0. The lowest BCUT2D eigenvalue weighted by atomic mass is 10.1. The SMILES string of the molecule is CCCC(CC)NC1COC(C)(C)OC1. The Morgan fingerprint density at radius 1 is 1.27 bits per heavy atom. The van der Waals surface area contributed by atoms with E-state index in [-0.39, 0.29) is 0 Å². The smallest absolute Gasteiger partial charge is 0.162 e. The molecular weight excluding hydrogens is 190 g/mol.